The van der Waals surface area contributed by atoms with Crippen LogP contribution in [0.3, 0.4) is 0 Å². The first kappa shape index (κ1) is 13.7. The molecular formula is C12H21N3O2. The third-order valence-corrected chi connectivity index (χ3v) is 2.82. The van der Waals surface area contributed by atoms with Gasteiger partial charge in [0.05, 0.1) is 6.54 Å². The van der Waals surface area contributed by atoms with Gasteiger partial charge in [-0.05, 0) is 12.8 Å². The summed E-state index contributed by atoms with van der Waals surface area (Å²) >= 11 is 0. The molecule has 1 aliphatic heterocycles. The molecule has 2 amide bonds. The zero-order valence-electron chi connectivity index (χ0n) is 10.4. The second kappa shape index (κ2) is 7.06. The molecule has 2 N–H and O–H groups in total. The lowest BCUT2D eigenvalue weighted by molar-refractivity contribution is -0.131. The molecule has 1 saturated heterocycles. The van der Waals surface area contributed by atoms with Gasteiger partial charge in [-0.1, -0.05) is 6.08 Å². The lowest BCUT2D eigenvalue weighted by Gasteiger charge is -2.32. The van der Waals surface area contributed by atoms with Gasteiger partial charge in [-0.2, -0.15) is 0 Å². The Balaban J connectivity index is 2.23. The van der Waals surface area contributed by atoms with Crippen LogP contribution in [-0.2, 0) is 9.59 Å². The van der Waals surface area contributed by atoms with Crippen LogP contribution in [-0.4, -0.2) is 48.9 Å². The predicted molar refractivity (Wildman–Crippen MR) is 66.5 cm³/mol. The molecule has 0 aliphatic carbocycles. The van der Waals surface area contributed by atoms with E-state index in [-0.39, 0.29) is 17.9 Å². The lowest BCUT2D eigenvalue weighted by Crippen LogP contribution is -2.48. The van der Waals surface area contributed by atoms with Gasteiger partial charge in [-0.25, -0.2) is 0 Å². The third-order valence-electron chi connectivity index (χ3n) is 2.82. The fourth-order valence-electron chi connectivity index (χ4n) is 1.95. The molecule has 5 nitrogen and oxygen atoms in total. The minimum atomic E-state index is 0.00225. The molecule has 96 valence electrons. The zero-order valence-corrected chi connectivity index (χ0v) is 10.4. The second-order valence-electron chi connectivity index (χ2n) is 4.28. The van der Waals surface area contributed by atoms with Gasteiger partial charge in [0.25, 0.3) is 0 Å². The maximum atomic E-state index is 11.7. The normalized spacial score (nSPS) is 16.6. The van der Waals surface area contributed by atoms with Crippen molar-refractivity contribution in [3.63, 3.8) is 0 Å². The highest BCUT2D eigenvalue weighted by molar-refractivity contribution is 5.78. The van der Waals surface area contributed by atoms with E-state index in [2.05, 4.69) is 17.2 Å². The van der Waals surface area contributed by atoms with Crippen molar-refractivity contribution in [2.45, 2.75) is 25.8 Å². The van der Waals surface area contributed by atoms with E-state index in [4.69, 9.17) is 0 Å². The van der Waals surface area contributed by atoms with Crippen molar-refractivity contribution in [1.29, 1.82) is 0 Å². The van der Waals surface area contributed by atoms with E-state index in [0.29, 0.717) is 13.1 Å². The summed E-state index contributed by atoms with van der Waals surface area (Å²) in [7, 11) is 0. The van der Waals surface area contributed by atoms with Gasteiger partial charge >= 0.3 is 0 Å². The molecule has 5 heteroatoms. The number of piperidine rings is 1. The quantitative estimate of drug-likeness (QED) is 0.520. The van der Waals surface area contributed by atoms with Gasteiger partial charge in [-0.15, -0.1) is 6.58 Å². The molecule has 0 bridgehead atoms. The Kier molecular flexibility index (Phi) is 5.69. The molecule has 1 heterocycles. The van der Waals surface area contributed by atoms with Crippen LogP contribution in [0.2, 0.25) is 0 Å². The maximum absolute atomic E-state index is 11.7. The molecule has 17 heavy (non-hydrogen) atoms. The van der Waals surface area contributed by atoms with Crippen molar-refractivity contribution in [1.82, 2.24) is 15.5 Å². The number of carbonyl (C=O) groups is 2. The number of hydrogen-bond acceptors (Lipinski definition) is 3. The standard InChI is InChI=1S/C12H21N3O2/c1-3-6-13-9-12(17)15-7-4-11(5-8-15)14-10(2)16/h3,11,13H,1,4-9H2,2H3,(H,14,16). The SMILES string of the molecule is C=CCNCC(=O)N1CCC(NC(C)=O)CC1. The average molecular weight is 239 g/mol. The van der Waals surface area contributed by atoms with E-state index in [1.165, 1.54) is 6.92 Å². The topological polar surface area (TPSA) is 61.4 Å². The van der Waals surface area contributed by atoms with Gasteiger partial charge in [0.1, 0.15) is 0 Å². The van der Waals surface area contributed by atoms with E-state index in [1.807, 2.05) is 4.90 Å². The molecule has 0 aromatic carbocycles. The molecule has 0 unspecified atom stereocenters. The summed E-state index contributed by atoms with van der Waals surface area (Å²) in [6, 6.07) is 0.220. The van der Waals surface area contributed by atoms with E-state index >= 15 is 0 Å². The van der Waals surface area contributed by atoms with Gasteiger partial charge < -0.3 is 15.5 Å². The molecule has 1 fully saturated rings. The molecule has 0 atom stereocenters. The van der Waals surface area contributed by atoms with Crippen molar-refractivity contribution in [3.8, 4) is 0 Å². The van der Waals surface area contributed by atoms with E-state index in [0.717, 1.165) is 25.9 Å². The van der Waals surface area contributed by atoms with E-state index in [9.17, 15) is 9.59 Å². The third kappa shape index (κ3) is 4.99. The number of nitrogens with zero attached hydrogens (tertiary/aromatic N) is 1. The summed E-state index contributed by atoms with van der Waals surface area (Å²) in [4.78, 5) is 24.5. The Morgan fingerprint density at radius 3 is 2.59 bits per heavy atom. The average Bonchev–Trinajstić information content (AvgIpc) is 2.29. The van der Waals surface area contributed by atoms with Crippen molar-refractivity contribution in [2.75, 3.05) is 26.2 Å². The molecule has 0 aromatic heterocycles. The largest absolute Gasteiger partial charge is 0.353 e. The Bertz CT molecular complexity index is 283. The smallest absolute Gasteiger partial charge is 0.236 e. The number of nitrogens with one attached hydrogen (secondary N) is 2. The summed E-state index contributed by atoms with van der Waals surface area (Å²) in [5.41, 5.74) is 0. The molecular weight excluding hydrogens is 218 g/mol. The monoisotopic (exact) mass is 239 g/mol. The Hall–Kier alpha value is -1.36. The van der Waals surface area contributed by atoms with Crippen molar-refractivity contribution >= 4 is 11.8 Å². The van der Waals surface area contributed by atoms with Crippen LogP contribution in [0.15, 0.2) is 12.7 Å². The minimum absolute atomic E-state index is 0.00225. The van der Waals surface area contributed by atoms with Crippen LogP contribution < -0.4 is 10.6 Å². The summed E-state index contributed by atoms with van der Waals surface area (Å²) in [5.74, 6) is 0.121. The zero-order chi connectivity index (χ0) is 12.7. The number of amides is 2. The van der Waals surface area contributed by atoms with Crippen LogP contribution in [0.25, 0.3) is 0 Å². The van der Waals surface area contributed by atoms with Crippen molar-refractivity contribution < 1.29 is 9.59 Å². The molecule has 0 radical (unpaired) electrons. The first-order chi connectivity index (χ1) is 8.13. The van der Waals surface area contributed by atoms with E-state index < -0.39 is 0 Å². The fraction of sp³-hybridized carbons (Fsp3) is 0.667. The highest BCUT2D eigenvalue weighted by atomic mass is 16.2. The van der Waals surface area contributed by atoms with Crippen LogP contribution in [0, 0.1) is 0 Å². The molecule has 1 aliphatic rings. The van der Waals surface area contributed by atoms with Gasteiger partial charge in [-0.3, -0.25) is 9.59 Å². The Morgan fingerprint density at radius 2 is 2.06 bits per heavy atom. The van der Waals surface area contributed by atoms with Crippen LogP contribution in [0.5, 0.6) is 0 Å². The summed E-state index contributed by atoms with van der Waals surface area (Å²) in [6.45, 7) is 7.55. The van der Waals surface area contributed by atoms with Crippen LogP contribution >= 0.6 is 0 Å². The number of hydrogen-bond donors (Lipinski definition) is 2. The van der Waals surface area contributed by atoms with Gasteiger partial charge in [0, 0.05) is 32.6 Å². The summed E-state index contributed by atoms with van der Waals surface area (Å²) in [6.07, 6.45) is 3.41. The van der Waals surface area contributed by atoms with Gasteiger partial charge in [0.2, 0.25) is 11.8 Å². The lowest BCUT2D eigenvalue weighted by atomic mass is 10.1. The number of rotatable bonds is 5. The summed E-state index contributed by atoms with van der Waals surface area (Å²) < 4.78 is 0. The first-order valence-corrected chi connectivity index (χ1v) is 6.00. The maximum Gasteiger partial charge on any atom is 0.236 e. The molecule has 1 rings (SSSR count). The highest BCUT2D eigenvalue weighted by Gasteiger charge is 2.22. The second-order valence-corrected chi connectivity index (χ2v) is 4.28. The first-order valence-electron chi connectivity index (χ1n) is 6.00. The fourth-order valence-corrected chi connectivity index (χ4v) is 1.95. The molecule has 0 spiro atoms. The van der Waals surface area contributed by atoms with Crippen molar-refractivity contribution in [3.05, 3.63) is 12.7 Å². The van der Waals surface area contributed by atoms with Crippen LogP contribution in [0.1, 0.15) is 19.8 Å². The van der Waals surface area contributed by atoms with E-state index in [1.54, 1.807) is 6.08 Å². The minimum Gasteiger partial charge on any atom is -0.353 e. The predicted octanol–water partition coefficient (Wildman–Crippen LogP) is -0.111. The van der Waals surface area contributed by atoms with Crippen LogP contribution in [0.4, 0.5) is 0 Å². The molecule has 0 aromatic rings. The summed E-state index contributed by atoms with van der Waals surface area (Å²) in [5, 5.41) is 5.88. The van der Waals surface area contributed by atoms with Gasteiger partial charge in [0.15, 0.2) is 0 Å². The number of carbonyl (C=O) groups excluding carboxylic acids is 2. The Labute approximate surface area is 102 Å². The number of likely N-dealkylation sites (tertiary alicyclic amines) is 1. The Morgan fingerprint density at radius 1 is 1.41 bits per heavy atom. The highest BCUT2D eigenvalue weighted by Crippen LogP contribution is 2.10. The van der Waals surface area contributed by atoms with Crippen molar-refractivity contribution in [2.24, 2.45) is 0 Å². The molecule has 0 saturated carbocycles.